The van der Waals surface area contributed by atoms with Crippen LogP contribution in [0, 0.1) is 0 Å². The number of carboxylic acid groups (broad SMARTS) is 1. The molecular formula is C15H20N2O5S. The second-order valence-electron chi connectivity index (χ2n) is 4.58. The van der Waals surface area contributed by atoms with Crippen LogP contribution in [-0.4, -0.2) is 42.5 Å². The number of ether oxygens (including phenoxy) is 1. The molecule has 1 rings (SSSR count). The zero-order chi connectivity index (χ0) is 17.1. The first-order valence-electron chi connectivity index (χ1n) is 7.07. The molecule has 0 heterocycles. The Bertz CT molecular complexity index is 550. The quantitative estimate of drug-likeness (QED) is 0.362. The van der Waals surface area contributed by atoms with Crippen molar-refractivity contribution in [3.8, 4) is 0 Å². The second kappa shape index (κ2) is 10.5. The van der Waals surface area contributed by atoms with E-state index in [-0.39, 0.29) is 18.4 Å². The van der Waals surface area contributed by atoms with Crippen LogP contribution in [0.4, 0.5) is 10.5 Å². The number of carbonyl (C=O) groups excluding carboxylic acids is 2. The fraction of sp³-hybridized carbons (Fsp3) is 0.400. The fourth-order valence-corrected chi connectivity index (χ4v) is 2.52. The molecular weight excluding hydrogens is 320 g/mol. The normalized spacial score (nSPS) is 9.96. The van der Waals surface area contributed by atoms with E-state index in [4.69, 9.17) is 5.11 Å². The molecule has 0 aliphatic heterocycles. The molecule has 8 heteroatoms. The lowest BCUT2D eigenvalue weighted by atomic mass is 10.3. The number of amides is 2. The summed E-state index contributed by atoms with van der Waals surface area (Å²) in [6.45, 7) is 0.297. The molecule has 0 unspecified atom stereocenters. The summed E-state index contributed by atoms with van der Waals surface area (Å²) >= 11 is 1.49. The number of esters is 1. The molecule has 0 saturated carbocycles. The van der Waals surface area contributed by atoms with Crippen LogP contribution in [0.25, 0.3) is 0 Å². The lowest BCUT2D eigenvalue weighted by molar-refractivity contribution is -0.140. The first-order valence-corrected chi connectivity index (χ1v) is 8.06. The van der Waals surface area contributed by atoms with E-state index in [1.165, 1.54) is 18.9 Å². The topological polar surface area (TPSA) is 105 Å². The minimum Gasteiger partial charge on any atom is -0.481 e. The minimum atomic E-state index is -0.885. The summed E-state index contributed by atoms with van der Waals surface area (Å²) in [4.78, 5) is 34.0. The molecule has 3 N–H and O–H groups in total. The van der Waals surface area contributed by atoms with Gasteiger partial charge in [-0.25, -0.2) is 4.79 Å². The average molecular weight is 340 g/mol. The Kier molecular flexibility index (Phi) is 8.59. The number of hydrogen-bond acceptors (Lipinski definition) is 5. The third-order valence-electron chi connectivity index (χ3n) is 2.75. The summed E-state index contributed by atoms with van der Waals surface area (Å²) in [6, 6.07) is 6.87. The number of carbonyl (C=O) groups is 3. The van der Waals surface area contributed by atoms with Crippen molar-refractivity contribution in [3.63, 3.8) is 0 Å². The van der Waals surface area contributed by atoms with E-state index in [1.54, 1.807) is 18.2 Å². The largest absolute Gasteiger partial charge is 0.481 e. The molecule has 2 amide bonds. The van der Waals surface area contributed by atoms with Crippen LogP contribution in [-0.2, 0) is 14.3 Å². The van der Waals surface area contributed by atoms with Crippen molar-refractivity contribution in [2.75, 3.05) is 24.7 Å². The standard InChI is InChI=1S/C15H20N2O5S/c1-22-14(20)7-9-23-12-5-2-4-11(10-12)17-15(21)16-8-3-6-13(18)19/h2,4-5,10H,3,6-9H2,1H3,(H,18,19)(H2,16,17,21). The van der Waals surface area contributed by atoms with Crippen molar-refractivity contribution in [3.05, 3.63) is 24.3 Å². The van der Waals surface area contributed by atoms with Gasteiger partial charge in [0.1, 0.15) is 0 Å². The van der Waals surface area contributed by atoms with Gasteiger partial charge < -0.3 is 20.5 Å². The third-order valence-corrected chi connectivity index (χ3v) is 3.74. The zero-order valence-corrected chi connectivity index (χ0v) is 13.6. The molecule has 7 nitrogen and oxygen atoms in total. The summed E-state index contributed by atoms with van der Waals surface area (Å²) in [5, 5.41) is 13.8. The number of urea groups is 1. The highest BCUT2D eigenvalue weighted by Gasteiger charge is 2.05. The predicted octanol–water partition coefficient (Wildman–Crippen LogP) is 2.33. The molecule has 0 spiro atoms. The van der Waals surface area contributed by atoms with Crippen LogP contribution in [0.2, 0.25) is 0 Å². The maximum Gasteiger partial charge on any atom is 0.319 e. The van der Waals surface area contributed by atoms with Crippen LogP contribution in [0.5, 0.6) is 0 Å². The first-order chi connectivity index (χ1) is 11.0. The SMILES string of the molecule is COC(=O)CCSc1cccc(NC(=O)NCCCC(=O)O)c1. The number of nitrogens with one attached hydrogen (secondary N) is 2. The summed E-state index contributed by atoms with van der Waals surface area (Å²) < 4.78 is 4.57. The monoisotopic (exact) mass is 340 g/mol. The van der Waals surface area contributed by atoms with Crippen molar-refractivity contribution in [1.82, 2.24) is 5.32 Å². The number of thioether (sulfide) groups is 1. The van der Waals surface area contributed by atoms with Gasteiger partial charge in [-0.2, -0.15) is 0 Å². The maximum atomic E-state index is 11.7. The summed E-state index contributed by atoms with van der Waals surface area (Å²) in [6.07, 6.45) is 0.724. The first kappa shape index (κ1) is 18.8. The molecule has 1 aromatic rings. The number of hydrogen-bond donors (Lipinski definition) is 3. The highest BCUT2D eigenvalue weighted by molar-refractivity contribution is 7.99. The molecule has 0 atom stereocenters. The van der Waals surface area contributed by atoms with Gasteiger partial charge in [0.25, 0.3) is 0 Å². The van der Waals surface area contributed by atoms with Crippen molar-refractivity contribution < 1.29 is 24.2 Å². The van der Waals surface area contributed by atoms with Crippen LogP contribution in [0.15, 0.2) is 29.2 Å². The molecule has 0 fully saturated rings. The third kappa shape index (κ3) is 8.72. The fourth-order valence-electron chi connectivity index (χ4n) is 1.63. The molecule has 0 aliphatic carbocycles. The molecule has 0 radical (unpaired) electrons. The van der Waals surface area contributed by atoms with Crippen LogP contribution >= 0.6 is 11.8 Å². The second-order valence-corrected chi connectivity index (χ2v) is 5.75. The average Bonchev–Trinajstić information content (AvgIpc) is 2.51. The Morgan fingerprint density at radius 1 is 1.26 bits per heavy atom. The van der Waals surface area contributed by atoms with E-state index in [1.807, 2.05) is 6.07 Å². The molecule has 0 aliphatic rings. The Balaban J connectivity index is 2.36. The van der Waals surface area contributed by atoms with E-state index in [0.29, 0.717) is 30.8 Å². The van der Waals surface area contributed by atoms with Crippen LogP contribution in [0.3, 0.4) is 0 Å². The maximum absolute atomic E-state index is 11.7. The Morgan fingerprint density at radius 3 is 2.74 bits per heavy atom. The molecule has 0 aromatic heterocycles. The van der Waals surface area contributed by atoms with Gasteiger partial charge >= 0.3 is 18.0 Å². The van der Waals surface area contributed by atoms with Crippen LogP contribution < -0.4 is 10.6 Å². The van der Waals surface area contributed by atoms with Gasteiger partial charge in [0.15, 0.2) is 0 Å². The molecule has 1 aromatic carbocycles. The van der Waals surface area contributed by atoms with Gasteiger partial charge in [0.2, 0.25) is 0 Å². The van der Waals surface area contributed by atoms with E-state index >= 15 is 0 Å². The zero-order valence-electron chi connectivity index (χ0n) is 12.8. The lowest BCUT2D eigenvalue weighted by Gasteiger charge is -2.08. The summed E-state index contributed by atoms with van der Waals surface area (Å²) in [7, 11) is 1.35. The van der Waals surface area contributed by atoms with Gasteiger partial charge in [0.05, 0.1) is 13.5 Å². The molecule has 0 bridgehead atoms. The smallest absolute Gasteiger partial charge is 0.319 e. The van der Waals surface area contributed by atoms with E-state index < -0.39 is 5.97 Å². The molecule has 126 valence electrons. The molecule has 23 heavy (non-hydrogen) atoms. The van der Waals surface area contributed by atoms with Gasteiger partial charge in [-0.3, -0.25) is 9.59 Å². The minimum absolute atomic E-state index is 0.0204. The van der Waals surface area contributed by atoms with Gasteiger partial charge in [-0.1, -0.05) is 6.07 Å². The number of rotatable bonds is 9. The molecule has 0 saturated heterocycles. The van der Waals surface area contributed by atoms with Gasteiger partial charge in [-0.15, -0.1) is 11.8 Å². The number of carboxylic acids is 1. The van der Waals surface area contributed by atoms with Crippen molar-refractivity contribution in [2.24, 2.45) is 0 Å². The van der Waals surface area contributed by atoms with Crippen molar-refractivity contribution >= 4 is 35.4 Å². The van der Waals surface area contributed by atoms with Crippen molar-refractivity contribution in [1.29, 1.82) is 0 Å². The van der Waals surface area contributed by atoms with Crippen molar-refractivity contribution in [2.45, 2.75) is 24.2 Å². The predicted molar refractivity (Wildman–Crippen MR) is 87.7 cm³/mol. The summed E-state index contributed by atoms with van der Waals surface area (Å²) in [5.74, 6) is -0.547. The van der Waals surface area contributed by atoms with Gasteiger partial charge in [0, 0.05) is 29.3 Å². The highest BCUT2D eigenvalue weighted by Crippen LogP contribution is 2.22. The number of aliphatic carboxylic acids is 1. The Hall–Kier alpha value is -2.22. The number of benzene rings is 1. The lowest BCUT2D eigenvalue weighted by Crippen LogP contribution is -2.29. The van der Waals surface area contributed by atoms with Gasteiger partial charge in [-0.05, 0) is 24.6 Å². The Morgan fingerprint density at radius 2 is 2.04 bits per heavy atom. The number of anilines is 1. The highest BCUT2D eigenvalue weighted by atomic mass is 32.2. The van der Waals surface area contributed by atoms with E-state index in [9.17, 15) is 14.4 Å². The van der Waals surface area contributed by atoms with Crippen LogP contribution in [0.1, 0.15) is 19.3 Å². The van der Waals surface area contributed by atoms with E-state index in [0.717, 1.165) is 4.90 Å². The Labute approximate surface area is 138 Å². The number of methoxy groups -OCH3 is 1. The van der Waals surface area contributed by atoms with E-state index in [2.05, 4.69) is 15.4 Å². The summed E-state index contributed by atoms with van der Waals surface area (Å²) in [5.41, 5.74) is 0.629.